The van der Waals surface area contributed by atoms with Crippen LogP contribution in [0.25, 0.3) is 5.70 Å². The number of urea groups is 1. The lowest BCUT2D eigenvalue weighted by atomic mass is 10.4. The molecule has 19 heavy (non-hydrogen) atoms. The lowest BCUT2D eigenvalue weighted by Gasteiger charge is -2.09. The van der Waals surface area contributed by atoms with E-state index in [4.69, 9.17) is 0 Å². The lowest BCUT2D eigenvalue weighted by molar-refractivity contribution is 0.257. The molecule has 6 heteroatoms. The van der Waals surface area contributed by atoms with Crippen LogP contribution in [0.4, 0.5) is 10.6 Å². The molecular formula is C13H18N4OS. The van der Waals surface area contributed by atoms with E-state index in [2.05, 4.69) is 28.3 Å². The number of nitrogens with zero attached hydrogens (tertiary/aromatic N) is 2. The molecule has 0 atom stereocenters. The Hall–Kier alpha value is -1.95. The molecule has 1 aromatic heterocycles. The Morgan fingerprint density at radius 1 is 1.58 bits per heavy atom. The number of carbonyl (C=O) groups excluding carboxylic acids is 1. The predicted octanol–water partition coefficient (Wildman–Crippen LogP) is 3.54. The third-order valence-corrected chi connectivity index (χ3v) is 3.11. The van der Waals surface area contributed by atoms with Gasteiger partial charge in [-0.2, -0.15) is 5.10 Å². The van der Waals surface area contributed by atoms with Gasteiger partial charge in [0.15, 0.2) is 0 Å². The maximum Gasteiger partial charge on any atom is 0.330 e. The third-order valence-electron chi connectivity index (χ3n) is 2.18. The van der Waals surface area contributed by atoms with E-state index in [1.54, 1.807) is 16.8 Å². The highest BCUT2D eigenvalue weighted by atomic mass is 32.2. The van der Waals surface area contributed by atoms with Gasteiger partial charge in [-0.15, -0.1) is 0 Å². The highest BCUT2D eigenvalue weighted by Gasteiger charge is 2.09. The van der Waals surface area contributed by atoms with Gasteiger partial charge in [0.05, 0.1) is 5.69 Å². The molecule has 0 saturated carbocycles. The molecule has 5 nitrogen and oxygen atoms in total. The van der Waals surface area contributed by atoms with Gasteiger partial charge < -0.3 is 0 Å². The second-order valence-electron chi connectivity index (χ2n) is 3.87. The average Bonchev–Trinajstić information content (AvgIpc) is 2.71. The Labute approximate surface area is 117 Å². The largest absolute Gasteiger partial charge is 0.330 e. The molecular weight excluding hydrogens is 260 g/mol. The standard InChI is InChI=1S/C13H18N4OS/c1-6-11(7-2)19-16-13(18)14-12-8-10(5)15-17(12)9(3)4/h6-8H,1,3H2,2,4-5H3,(H2,14,16,18)/b11-7+. The van der Waals surface area contributed by atoms with Crippen LogP contribution in [0.3, 0.4) is 0 Å². The van der Waals surface area contributed by atoms with Crippen LogP contribution < -0.4 is 10.0 Å². The minimum absolute atomic E-state index is 0.325. The summed E-state index contributed by atoms with van der Waals surface area (Å²) in [6, 6.07) is 1.46. The molecule has 1 heterocycles. The summed E-state index contributed by atoms with van der Waals surface area (Å²) in [6.45, 7) is 13.0. The molecule has 1 aromatic rings. The summed E-state index contributed by atoms with van der Waals surface area (Å²) in [5.74, 6) is 0.587. The molecule has 0 aliphatic heterocycles. The molecule has 2 amide bonds. The quantitative estimate of drug-likeness (QED) is 0.639. The van der Waals surface area contributed by atoms with E-state index in [-0.39, 0.29) is 6.03 Å². The van der Waals surface area contributed by atoms with Gasteiger partial charge in [-0.3, -0.25) is 10.0 Å². The number of hydrogen-bond donors (Lipinski definition) is 2. The molecule has 0 spiro atoms. The first-order valence-electron chi connectivity index (χ1n) is 5.73. The number of hydrogen-bond acceptors (Lipinski definition) is 3. The van der Waals surface area contributed by atoms with E-state index in [1.807, 2.05) is 26.8 Å². The predicted molar refractivity (Wildman–Crippen MR) is 81.7 cm³/mol. The fourth-order valence-electron chi connectivity index (χ4n) is 1.35. The fraction of sp³-hybridized carbons (Fsp3) is 0.231. The van der Waals surface area contributed by atoms with Crippen LogP contribution in [0, 0.1) is 6.92 Å². The molecule has 0 aliphatic carbocycles. The first-order valence-corrected chi connectivity index (χ1v) is 6.54. The van der Waals surface area contributed by atoms with Gasteiger partial charge in [-0.05, 0) is 32.7 Å². The summed E-state index contributed by atoms with van der Waals surface area (Å²) >= 11 is 1.20. The van der Waals surface area contributed by atoms with Gasteiger partial charge in [0.25, 0.3) is 0 Å². The zero-order valence-corrected chi connectivity index (χ0v) is 12.2. The van der Waals surface area contributed by atoms with Crippen molar-refractivity contribution >= 4 is 29.5 Å². The van der Waals surface area contributed by atoms with Crippen molar-refractivity contribution < 1.29 is 4.79 Å². The monoisotopic (exact) mass is 278 g/mol. The van der Waals surface area contributed by atoms with E-state index < -0.39 is 0 Å². The van der Waals surface area contributed by atoms with Gasteiger partial charge in [-0.25, -0.2) is 9.48 Å². The number of aryl methyl sites for hydroxylation is 1. The van der Waals surface area contributed by atoms with Crippen LogP contribution in [0.15, 0.2) is 36.3 Å². The zero-order valence-electron chi connectivity index (χ0n) is 11.4. The average molecular weight is 278 g/mol. The Balaban J connectivity index is 2.67. The maximum atomic E-state index is 11.8. The molecule has 0 radical (unpaired) electrons. The van der Waals surface area contributed by atoms with Crippen LogP contribution in [-0.4, -0.2) is 15.8 Å². The lowest BCUT2D eigenvalue weighted by Crippen LogP contribution is -2.24. The number of carbonyl (C=O) groups is 1. The maximum absolute atomic E-state index is 11.8. The van der Waals surface area contributed by atoms with Crippen LogP contribution in [0.5, 0.6) is 0 Å². The van der Waals surface area contributed by atoms with Crippen LogP contribution >= 0.6 is 11.9 Å². The van der Waals surface area contributed by atoms with Crippen molar-refractivity contribution in [3.05, 3.63) is 42.0 Å². The molecule has 0 aromatic carbocycles. The highest BCUT2D eigenvalue weighted by Crippen LogP contribution is 2.16. The Bertz CT molecular complexity index is 531. The molecule has 2 N–H and O–H groups in total. The summed E-state index contributed by atoms with van der Waals surface area (Å²) in [5.41, 5.74) is 1.54. The van der Waals surface area contributed by atoms with Crippen molar-refractivity contribution in [2.24, 2.45) is 0 Å². The molecule has 1 rings (SSSR count). The Morgan fingerprint density at radius 3 is 2.79 bits per heavy atom. The smallest absolute Gasteiger partial charge is 0.292 e. The number of aromatic nitrogens is 2. The van der Waals surface area contributed by atoms with Gasteiger partial charge in [0.2, 0.25) is 0 Å². The second kappa shape index (κ2) is 6.84. The van der Waals surface area contributed by atoms with Gasteiger partial charge in [0, 0.05) is 16.7 Å². The van der Waals surface area contributed by atoms with Crippen LogP contribution in [0.1, 0.15) is 19.5 Å². The van der Waals surface area contributed by atoms with Crippen LogP contribution in [0.2, 0.25) is 0 Å². The molecule has 0 saturated heterocycles. The minimum Gasteiger partial charge on any atom is -0.292 e. The number of anilines is 1. The van der Waals surface area contributed by atoms with Gasteiger partial charge in [0.1, 0.15) is 5.82 Å². The van der Waals surface area contributed by atoms with Crippen LogP contribution in [-0.2, 0) is 0 Å². The van der Waals surface area contributed by atoms with E-state index in [9.17, 15) is 4.79 Å². The van der Waals surface area contributed by atoms with Crippen molar-refractivity contribution in [2.75, 3.05) is 5.32 Å². The number of allylic oxidation sites excluding steroid dienone is 3. The summed E-state index contributed by atoms with van der Waals surface area (Å²) in [6.07, 6.45) is 3.54. The van der Waals surface area contributed by atoms with Gasteiger partial charge in [-0.1, -0.05) is 25.3 Å². The first-order chi connectivity index (χ1) is 8.97. The van der Waals surface area contributed by atoms with E-state index in [0.29, 0.717) is 5.82 Å². The molecule has 0 fully saturated rings. The Morgan fingerprint density at radius 2 is 2.26 bits per heavy atom. The number of rotatable bonds is 5. The third kappa shape index (κ3) is 4.33. The van der Waals surface area contributed by atoms with E-state index in [1.165, 1.54) is 11.9 Å². The summed E-state index contributed by atoms with van der Waals surface area (Å²) in [7, 11) is 0. The molecule has 0 unspecified atom stereocenters. The normalized spacial score (nSPS) is 11.0. The van der Waals surface area contributed by atoms with Gasteiger partial charge >= 0.3 is 6.03 Å². The van der Waals surface area contributed by atoms with Crippen molar-refractivity contribution in [3.63, 3.8) is 0 Å². The SMILES string of the molecule is C=C/C(=C\C)SNC(=O)Nc1cc(C)nn1C(=C)C. The summed E-state index contributed by atoms with van der Waals surface area (Å²) in [5, 5.41) is 6.95. The van der Waals surface area contributed by atoms with Crippen molar-refractivity contribution in [2.45, 2.75) is 20.8 Å². The zero-order chi connectivity index (χ0) is 14.4. The topological polar surface area (TPSA) is 59.0 Å². The van der Waals surface area contributed by atoms with Crippen molar-refractivity contribution in [1.29, 1.82) is 0 Å². The molecule has 0 bridgehead atoms. The number of nitrogens with one attached hydrogen (secondary N) is 2. The van der Waals surface area contributed by atoms with E-state index >= 15 is 0 Å². The van der Waals surface area contributed by atoms with Crippen molar-refractivity contribution in [3.8, 4) is 0 Å². The summed E-state index contributed by atoms with van der Waals surface area (Å²) < 4.78 is 4.25. The fourth-order valence-corrected chi connectivity index (χ4v) is 1.81. The van der Waals surface area contributed by atoms with E-state index in [0.717, 1.165) is 16.3 Å². The first kappa shape index (κ1) is 15.1. The Kier molecular flexibility index (Phi) is 5.44. The molecule has 102 valence electrons. The number of amides is 2. The summed E-state index contributed by atoms with van der Waals surface area (Å²) in [4.78, 5) is 12.6. The highest BCUT2D eigenvalue weighted by molar-refractivity contribution is 8.01. The minimum atomic E-state index is -0.325. The second-order valence-corrected chi connectivity index (χ2v) is 4.75. The van der Waals surface area contributed by atoms with Crippen molar-refractivity contribution in [1.82, 2.24) is 14.5 Å². The molecule has 0 aliphatic rings.